The van der Waals surface area contributed by atoms with Gasteiger partial charge >= 0.3 is 0 Å². The van der Waals surface area contributed by atoms with E-state index in [0.717, 1.165) is 0 Å². The minimum absolute atomic E-state index is 0.0874. The van der Waals surface area contributed by atoms with Gasteiger partial charge in [-0.05, 0) is 36.2 Å². The fraction of sp³-hybridized carbons (Fsp3) is 0.278. The number of anilines is 1. The molecule has 1 aliphatic rings. The van der Waals surface area contributed by atoms with Gasteiger partial charge in [0.1, 0.15) is 0 Å². The van der Waals surface area contributed by atoms with Gasteiger partial charge in [0.2, 0.25) is 5.91 Å². The Morgan fingerprint density at radius 3 is 2.62 bits per heavy atom. The molecular formula is C18H19NO4S. The minimum Gasteiger partial charge on any atom is -0.381 e. The van der Waals surface area contributed by atoms with Crippen molar-refractivity contribution in [3.8, 4) is 0 Å². The van der Waals surface area contributed by atoms with E-state index in [9.17, 15) is 13.2 Å². The van der Waals surface area contributed by atoms with Crippen LogP contribution in [0.2, 0.25) is 0 Å². The lowest BCUT2D eigenvalue weighted by molar-refractivity contribution is -0.119. The molecule has 1 amide bonds. The predicted molar refractivity (Wildman–Crippen MR) is 91.3 cm³/mol. The summed E-state index contributed by atoms with van der Waals surface area (Å²) < 4.78 is 30.1. The zero-order valence-electron chi connectivity index (χ0n) is 13.1. The summed E-state index contributed by atoms with van der Waals surface area (Å²) in [6, 6.07) is 15.3. The van der Waals surface area contributed by atoms with Crippen LogP contribution in [-0.4, -0.2) is 27.5 Å². The van der Waals surface area contributed by atoms with E-state index in [0.29, 0.717) is 35.8 Å². The van der Waals surface area contributed by atoms with Crippen LogP contribution in [0.4, 0.5) is 5.69 Å². The molecule has 2 aromatic carbocycles. The van der Waals surface area contributed by atoms with Crippen LogP contribution in [0.25, 0.3) is 0 Å². The van der Waals surface area contributed by atoms with Crippen molar-refractivity contribution in [2.75, 3.05) is 18.5 Å². The molecule has 0 radical (unpaired) electrons. The summed E-state index contributed by atoms with van der Waals surface area (Å²) in [6.07, 6.45) is 0.716. The summed E-state index contributed by atoms with van der Waals surface area (Å²) in [5, 5.41) is 2.84. The average Bonchev–Trinajstić information content (AvgIpc) is 3.10. The van der Waals surface area contributed by atoms with Crippen molar-refractivity contribution >= 4 is 21.4 Å². The molecule has 0 saturated carbocycles. The molecule has 1 aliphatic heterocycles. The van der Waals surface area contributed by atoms with Gasteiger partial charge in [0, 0.05) is 12.3 Å². The van der Waals surface area contributed by atoms with Crippen LogP contribution in [0.1, 0.15) is 12.0 Å². The molecule has 0 aromatic heterocycles. The molecule has 1 atom stereocenters. The summed E-state index contributed by atoms with van der Waals surface area (Å²) in [5.41, 5.74) is 1.24. The van der Waals surface area contributed by atoms with Gasteiger partial charge in [-0.2, -0.15) is 0 Å². The van der Waals surface area contributed by atoms with Crippen LogP contribution in [0.5, 0.6) is 0 Å². The number of carbonyl (C=O) groups excluding carboxylic acids is 1. The third-order valence-corrected chi connectivity index (χ3v) is 5.66. The first-order chi connectivity index (χ1) is 11.5. The predicted octanol–water partition coefficient (Wildman–Crippen LogP) is 2.64. The maximum absolute atomic E-state index is 12.4. The fourth-order valence-corrected chi connectivity index (χ4v) is 4.01. The first-order valence-corrected chi connectivity index (χ1v) is 9.45. The van der Waals surface area contributed by atoms with Crippen LogP contribution >= 0.6 is 0 Å². The molecule has 3 rings (SSSR count). The fourth-order valence-electron chi connectivity index (χ4n) is 2.66. The highest BCUT2D eigenvalue weighted by molar-refractivity contribution is 7.90. The van der Waals surface area contributed by atoms with E-state index in [4.69, 9.17) is 4.74 Å². The summed E-state index contributed by atoms with van der Waals surface area (Å²) in [5.74, 6) is -0.329. The lowest BCUT2D eigenvalue weighted by atomic mass is 10.1. The topological polar surface area (TPSA) is 72.5 Å². The number of hydrogen-bond acceptors (Lipinski definition) is 4. The van der Waals surface area contributed by atoms with Crippen LogP contribution in [0, 0.1) is 5.92 Å². The van der Waals surface area contributed by atoms with Crippen molar-refractivity contribution < 1.29 is 17.9 Å². The van der Waals surface area contributed by atoms with Crippen LogP contribution in [-0.2, 0) is 25.1 Å². The van der Waals surface area contributed by atoms with Gasteiger partial charge in [-0.1, -0.05) is 30.3 Å². The molecular weight excluding hydrogens is 326 g/mol. The molecule has 1 heterocycles. The zero-order valence-corrected chi connectivity index (χ0v) is 14.0. The summed E-state index contributed by atoms with van der Waals surface area (Å²) in [7, 11) is -3.41. The molecule has 2 aromatic rings. The Morgan fingerprint density at radius 1 is 1.12 bits per heavy atom. The lowest BCUT2D eigenvalue weighted by Gasteiger charge is -2.11. The van der Waals surface area contributed by atoms with Gasteiger partial charge in [0.25, 0.3) is 0 Å². The van der Waals surface area contributed by atoms with Gasteiger partial charge in [0.15, 0.2) is 9.84 Å². The Morgan fingerprint density at radius 2 is 1.92 bits per heavy atom. The maximum atomic E-state index is 12.4. The summed E-state index contributed by atoms with van der Waals surface area (Å²) >= 11 is 0. The normalized spacial score (nSPS) is 17.6. The monoisotopic (exact) mass is 345 g/mol. The van der Waals surface area contributed by atoms with Crippen LogP contribution in [0.3, 0.4) is 0 Å². The highest BCUT2D eigenvalue weighted by Gasteiger charge is 2.23. The molecule has 0 aliphatic carbocycles. The van der Waals surface area contributed by atoms with E-state index < -0.39 is 9.84 Å². The second-order valence-electron chi connectivity index (χ2n) is 5.82. The van der Waals surface area contributed by atoms with Crippen LogP contribution in [0.15, 0.2) is 59.5 Å². The van der Waals surface area contributed by atoms with E-state index in [1.54, 1.807) is 54.6 Å². The number of rotatable bonds is 5. The average molecular weight is 345 g/mol. The first kappa shape index (κ1) is 16.7. The van der Waals surface area contributed by atoms with Crippen molar-refractivity contribution in [1.82, 2.24) is 0 Å². The molecule has 0 bridgehead atoms. The third-order valence-electron chi connectivity index (χ3n) is 3.95. The number of ether oxygens (including phenoxy) is 1. The standard InChI is InChI=1S/C18H19NO4S/c20-18(15-9-10-23-12-15)19-16-6-4-5-14(11-16)13-24(21,22)17-7-2-1-3-8-17/h1-8,11,15H,9-10,12-13H2,(H,19,20)/t15-/m1/s1. The lowest BCUT2D eigenvalue weighted by Crippen LogP contribution is -2.22. The van der Waals surface area contributed by atoms with Crippen molar-refractivity contribution in [1.29, 1.82) is 0 Å². The highest BCUT2D eigenvalue weighted by Crippen LogP contribution is 2.20. The van der Waals surface area contributed by atoms with Gasteiger partial charge in [0.05, 0.1) is 23.2 Å². The number of benzene rings is 2. The van der Waals surface area contributed by atoms with Crippen molar-refractivity contribution in [2.45, 2.75) is 17.1 Å². The number of hydrogen-bond donors (Lipinski definition) is 1. The number of carbonyl (C=O) groups is 1. The van der Waals surface area contributed by atoms with E-state index in [1.807, 2.05) is 0 Å². The Balaban J connectivity index is 1.72. The quantitative estimate of drug-likeness (QED) is 0.904. The zero-order chi connectivity index (χ0) is 17.0. The smallest absolute Gasteiger partial charge is 0.229 e. The van der Waals surface area contributed by atoms with Gasteiger partial charge < -0.3 is 10.1 Å². The van der Waals surface area contributed by atoms with E-state index >= 15 is 0 Å². The van der Waals surface area contributed by atoms with E-state index in [1.165, 1.54) is 0 Å². The minimum atomic E-state index is -3.41. The van der Waals surface area contributed by atoms with Crippen molar-refractivity contribution in [3.63, 3.8) is 0 Å². The van der Waals surface area contributed by atoms with E-state index in [2.05, 4.69) is 5.32 Å². The SMILES string of the molecule is O=C(Nc1cccc(CS(=O)(=O)c2ccccc2)c1)[C@@H]1CCOC1. The third kappa shape index (κ3) is 4.01. The second-order valence-corrected chi connectivity index (χ2v) is 7.81. The summed E-state index contributed by atoms with van der Waals surface area (Å²) in [4.78, 5) is 12.4. The maximum Gasteiger partial charge on any atom is 0.229 e. The number of sulfone groups is 1. The number of nitrogens with one attached hydrogen (secondary N) is 1. The van der Waals surface area contributed by atoms with E-state index in [-0.39, 0.29) is 17.6 Å². The molecule has 0 unspecified atom stereocenters. The largest absolute Gasteiger partial charge is 0.381 e. The van der Waals surface area contributed by atoms with Gasteiger partial charge in [-0.3, -0.25) is 4.79 Å². The Labute approximate surface area is 141 Å². The highest BCUT2D eigenvalue weighted by atomic mass is 32.2. The Hall–Kier alpha value is -2.18. The van der Waals surface area contributed by atoms with Crippen molar-refractivity contribution in [3.05, 3.63) is 60.2 Å². The summed E-state index contributed by atoms with van der Waals surface area (Å²) in [6.45, 7) is 1.04. The molecule has 1 N–H and O–H groups in total. The van der Waals surface area contributed by atoms with Crippen molar-refractivity contribution in [2.24, 2.45) is 5.92 Å². The molecule has 126 valence electrons. The Bertz CT molecular complexity index is 812. The molecule has 1 saturated heterocycles. The molecule has 6 heteroatoms. The van der Waals surface area contributed by atoms with Crippen LogP contribution < -0.4 is 5.32 Å². The van der Waals surface area contributed by atoms with Gasteiger partial charge in [-0.25, -0.2) is 8.42 Å². The molecule has 5 nitrogen and oxygen atoms in total. The van der Waals surface area contributed by atoms with Gasteiger partial charge in [-0.15, -0.1) is 0 Å². The molecule has 1 fully saturated rings. The number of amides is 1. The molecule has 0 spiro atoms. The Kier molecular flexibility index (Phi) is 4.97. The first-order valence-electron chi connectivity index (χ1n) is 7.80. The second kappa shape index (κ2) is 7.15. The molecule has 24 heavy (non-hydrogen) atoms.